The lowest BCUT2D eigenvalue weighted by atomic mass is 9.98. The third kappa shape index (κ3) is 2.90. The maximum Gasteiger partial charge on any atom is 0.297 e. The summed E-state index contributed by atoms with van der Waals surface area (Å²) in [6, 6.07) is 12.4. The number of hydrogen-bond donors (Lipinski definition) is 0. The fourth-order valence-electron chi connectivity index (χ4n) is 3.69. The van der Waals surface area contributed by atoms with Crippen molar-refractivity contribution in [2.24, 2.45) is 0 Å². The molecule has 5 rings (SSSR count). The van der Waals surface area contributed by atoms with Crippen LogP contribution in [0.4, 0.5) is 5.13 Å². The monoisotopic (exact) mass is 481 g/mol. The first-order chi connectivity index (χ1) is 14.5. The number of benzene rings is 2. The number of aryl methyl sites for hydroxylation is 2. The number of amides is 1. The largest absolute Gasteiger partial charge is 0.450 e. The molecule has 0 radical (unpaired) electrons. The SMILES string of the molecule is CCc1nnc(N2C(=O)c3oc4ccc(Br)cc4c(=O)c3C2c2ccc(C)cc2)s1. The Balaban J connectivity index is 1.80. The van der Waals surface area contributed by atoms with Gasteiger partial charge in [-0.05, 0) is 37.1 Å². The van der Waals surface area contributed by atoms with Crippen molar-refractivity contribution in [1.29, 1.82) is 0 Å². The van der Waals surface area contributed by atoms with E-state index >= 15 is 0 Å². The summed E-state index contributed by atoms with van der Waals surface area (Å²) in [7, 11) is 0. The average Bonchev–Trinajstić information content (AvgIpc) is 3.32. The molecule has 1 atom stereocenters. The first-order valence-corrected chi connectivity index (χ1v) is 11.1. The number of fused-ring (bicyclic) bond motifs is 2. The van der Waals surface area contributed by atoms with Crippen molar-refractivity contribution in [2.45, 2.75) is 26.3 Å². The lowest BCUT2D eigenvalue weighted by Gasteiger charge is -2.22. The van der Waals surface area contributed by atoms with Gasteiger partial charge in [0.05, 0.1) is 17.0 Å². The zero-order valence-electron chi connectivity index (χ0n) is 16.2. The summed E-state index contributed by atoms with van der Waals surface area (Å²) in [6.45, 7) is 3.98. The number of hydrogen-bond acceptors (Lipinski definition) is 6. The van der Waals surface area contributed by atoms with Crippen molar-refractivity contribution < 1.29 is 9.21 Å². The predicted molar refractivity (Wildman–Crippen MR) is 119 cm³/mol. The summed E-state index contributed by atoms with van der Waals surface area (Å²) >= 11 is 4.76. The summed E-state index contributed by atoms with van der Waals surface area (Å²) in [5, 5.41) is 10.1. The van der Waals surface area contributed by atoms with Crippen molar-refractivity contribution in [3.05, 3.63) is 84.6 Å². The molecule has 30 heavy (non-hydrogen) atoms. The van der Waals surface area contributed by atoms with Gasteiger partial charge >= 0.3 is 0 Å². The Morgan fingerprint density at radius 3 is 2.60 bits per heavy atom. The molecule has 1 aliphatic heterocycles. The Morgan fingerprint density at radius 1 is 1.13 bits per heavy atom. The van der Waals surface area contributed by atoms with Crippen LogP contribution in [0.3, 0.4) is 0 Å². The molecule has 0 saturated carbocycles. The number of anilines is 1. The van der Waals surface area contributed by atoms with E-state index in [-0.39, 0.29) is 17.1 Å². The Kier molecular flexibility index (Phi) is 4.56. The Bertz CT molecular complexity index is 1360. The number of halogens is 1. The molecule has 3 heterocycles. The molecule has 2 aromatic heterocycles. The maximum absolute atomic E-state index is 13.5. The van der Waals surface area contributed by atoms with Crippen LogP contribution < -0.4 is 10.3 Å². The van der Waals surface area contributed by atoms with Gasteiger partial charge in [-0.3, -0.25) is 14.5 Å². The molecule has 8 heteroatoms. The van der Waals surface area contributed by atoms with Gasteiger partial charge in [0.25, 0.3) is 5.91 Å². The van der Waals surface area contributed by atoms with Crippen LogP contribution >= 0.6 is 27.3 Å². The quantitative estimate of drug-likeness (QED) is 0.410. The van der Waals surface area contributed by atoms with E-state index in [4.69, 9.17) is 4.42 Å². The summed E-state index contributed by atoms with van der Waals surface area (Å²) < 4.78 is 6.73. The zero-order chi connectivity index (χ0) is 21.0. The molecule has 1 amide bonds. The van der Waals surface area contributed by atoms with Gasteiger partial charge in [-0.25, -0.2) is 0 Å². The van der Waals surface area contributed by atoms with Gasteiger partial charge in [0.2, 0.25) is 10.9 Å². The number of aromatic nitrogens is 2. The summed E-state index contributed by atoms with van der Waals surface area (Å²) in [5.41, 5.74) is 2.42. The molecule has 1 unspecified atom stereocenters. The zero-order valence-corrected chi connectivity index (χ0v) is 18.6. The van der Waals surface area contributed by atoms with E-state index < -0.39 is 6.04 Å². The number of nitrogens with zero attached hydrogens (tertiary/aromatic N) is 3. The molecule has 0 saturated heterocycles. The summed E-state index contributed by atoms with van der Waals surface area (Å²) in [4.78, 5) is 28.5. The standard InChI is InChI=1S/C22H16BrN3O3S/c1-3-16-24-25-22(30-16)26-18(12-6-4-11(2)5-7-12)17-19(27)14-10-13(23)8-9-15(14)29-20(17)21(26)28/h4-10,18H,3H2,1-2H3. The minimum absolute atomic E-state index is 0.0636. The van der Waals surface area contributed by atoms with Crippen LogP contribution in [0.1, 0.15) is 45.2 Å². The minimum Gasteiger partial charge on any atom is -0.450 e. The van der Waals surface area contributed by atoms with Gasteiger partial charge in [-0.2, -0.15) is 0 Å². The highest BCUT2D eigenvalue weighted by atomic mass is 79.9. The predicted octanol–water partition coefficient (Wildman–Crippen LogP) is 5.03. The molecular formula is C22H16BrN3O3S. The highest BCUT2D eigenvalue weighted by molar-refractivity contribution is 9.10. The van der Waals surface area contributed by atoms with Gasteiger partial charge in [-0.15, -0.1) is 10.2 Å². The smallest absolute Gasteiger partial charge is 0.297 e. The van der Waals surface area contributed by atoms with Gasteiger partial charge < -0.3 is 4.42 Å². The molecule has 0 bridgehead atoms. The fraction of sp³-hybridized carbons (Fsp3) is 0.182. The number of carbonyl (C=O) groups is 1. The first-order valence-electron chi connectivity index (χ1n) is 9.46. The van der Waals surface area contributed by atoms with E-state index in [0.29, 0.717) is 21.7 Å². The number of rotatable bonds is 3. The van der Waals surface area contributed by atoms with Crippen molar-refractivity contribution in [2.75, 3.05) is 4.90 Å². The van der Waals surface area contributed by atoms with Gasteiger partial charge in [0.15, 0.2) is 5.43 Å². The first kappa shape index (κ1) is 19.1. The van der Waals surface area contributed by atoms with Crippen molar-refractivity contribution >= 4 is 49.3 Å². The van der Waals surface area contributed by atoms with Crippen molar-refractivity contribution in [1.82, 2.24) is 10.2 Å². The minimum atomic E-state index is -0.620. The van der Waals surface area contributed by atoms with E-state index in [1.807, 2.05) is 38.1 Å². The fourth-order valence-corrected chi connectivity index (χ4v) is 4.86. The number of carbonyl (C=O) groups excluding carboxylic acids is 1. The Morgan fingerprint density at radius 2 is 1.90 bits per heavy atom. The molecule has 2 aromatic carbocycles. The van der Waals surface area contributed by atoms with Crippen LogP contribution in [-0.4, -0.2) is 16.1 Å². The van der Waals surface area contributed by atoms with E-state index in [1.165, 1.54) is 16.2 Å². The second-order valence-corrected chi connectivity index (χ2v) is 9.09. The van der Waals surface area contributed by atoms with Crippen LogP contribution in [-0.2, 0) is 6.42 Å². The van der Waals surface area contributed by atoms with Gasteiger partial charge in [0, 0.05) is 4.47 Å². The van der Waals surface area contributed by atoms with Crippen LogP contribution in [0.15, 0.2) is 56.1 Å². The third-order valence-corrected chi connectivity index (χ3v) is 6.75. The van der Waals surface area contributed by atoms with Crippen LogP contribution in [0.25, 0.3) is 11.0 Å². The summed E-state index contributed by atoms with van der Waals surface area (Å²) in [6.07, 6.45) is 0.719. The van der Waals surface area contributed by atoms with Gasteiger partial charge in [-0.1, -0.05) is 64.0 Å². The molecule has 1 aliphatic rings. The van der Waals surface area contributed by atoms with Crippen LogP contribution in [0, 0.1) is 6.92 Å². The Labute approximate surface area is 184 Å². The highest BCUT2D eigenvalue weighted by Gasteiger charge is 2.45. The van der Waals surface area contributed by atoms with E-state index in [0.717, 1.165) is 27.0 Å². The lowest BCUT2D eigenvalue weighted by molar-refractivity contribution is 0.0970. The maximum atomic E-state index is 13.5. The van der Waals surface area contributed by atoms with Crippen molar-refractivity contribution in [3.8, 4) is 0 Å². The van der Waals surface area contributed by atoms with E-state index in [2.05, 4.69) is 26.1 Å². The molecule has 0 spiro atoms. The highest BCUT2D eigenvalue weighted by Crippen LogP contribution is 2.42. The molecule has 0 fully saturated rings. The Hall–Kier alpha value is -2.84. The summed E-state index contributed by atoms with van der Waals surface area (Å²) in [5.74, 6) is -0.315. The second kappa shape index (κ2) is 7.14. The third-order valence-electron chi connectivity index (χ3n) is 5.19. The second-order valence-electron chi connectivity index (χ2n) is 7.13. The topological polar surface area (TPSA) is 76.3 Å². The molecule has 6 nitrogen and oxygen atoms in total. The molecular weight excluding hydrogens is 466 g/mol. The lowest BCUT2D eigenvalue weighted by Crippen LogP contribution is -2.29. The molecule has 4 aromatic rings. The van der Waals surface area contributed by atoms with E-state index in [1.54, 1.807) is 18.2 Å². The normalized spacial score (nSPS) is 15.8. The van der Waals surface area contributed by atoms with Crippen LogP contribution in [0.5, 0.6) is 0 Å². The molecule has 0 N–H and O–H groups in total. The van der Waals surface area contributed by atoms with Crippen LogP contribution in [0.2, 0.25) is 0 Å². The molecule has 0 aliphatic carbocycles. The van der Waals surface area contributed by atoms with Gasteiger partial charge in [0.1, 0.15) is 10.6 Å². The molecule has 150 valence electrons. The van der Waals surface area contributed by atoms with E-state index in [9.17, 15) is 9.59 Å². The average molecular weight is 482 g/mol. The van der Waals surface area contributed by atoms with Crippen molar-refractivity contribution in [3.63, 3.8) is 0 Å².